The van der Waals surface area contributed by atoms with Crippen LogP contribution in [-0.2, 0) is 16.2 Å². The van der Waals surface area contributed by atoms with Gasteiger partial charge in [0.25, 0.3) is 5.91 Å². The quantitative estimate of drug-likeness (QED) is 0.842. The summed E-state index contributed by atoms with van der Waals surface area (Å²) in [5.41, 5.74) is 1.19. The van der Waals surface area contributed by atoms with Crippen molar-refractivity contribution < 1.29 is 19.4 Å². The normalized spacial score (nSPS) is 17.2. The van der Waals surface area contributed by atoms with Crippen LogP contribution in [0.25, 0.3) is 0 Å². The van der Waals surface area contributed by atoms with Crippen molar-refractivity contribution in [2.45, 2.75) is 33.0 Å². The molecule has 6 heteroatoms. The summed E-state index contributed by atoms with van der Waals surface area (Å²) in [7, 11) is 0. The van der Waals surface area contributed by atoms with E-state index in [1.54, 1.807) is 25.1 Å². The van der Waals surface area contributed by atoms with Crippen LogP contribution in [-0.4, -0.2) is 36.1 Å². The number of nitrogens with one attached hydrogen (secondary N) is 1. The summed E-state index contributed by atoms with van der Waals surface area (Å²) in [4.78, 5) is 25.6. The molecule has 2 amide bonds. The lowest BCUT2D eigenvalue weighted by atomic mass is 10.1. The standard InChI is InChI=1S/C15H20N2O4/c1-3-6-16-14(19)8-17-12-7-11(9-18)4-5-13(12)21-10(2)15(17)20/h4-5,7,10,18H,3,6,8-9H2,1-2H3,(H,16,19). The maximum absolute atomic E-state index is 12.3. The molecular weight excluding hydrogens is 272 g/mol. The zero-order valence-corrected chi connectivity index (χ0v) is 12.3. The molecule has 2 N–H and O–H groups in total. The molecule has 114 valence electrons. The summed E-state index contributed by atoms with van der Waals surface area (Å²) >= 11 is 0. The van der Waals surface area contributed by atoms with E-state index < -0.39 is 6.10 Å². The summed E-state index contributed by atoms with van der Waals surface area (Å²) in [5.74, 6) is 0.0754. The van der Waals surface area contributed by atoms with Gasteiger partial charge in [-0.1, -0.05) is 13.0 Å². The van der Waals surface area contributed by atoms with Gasteiger partial charge in [0.2, 0.25) is 5.91 Å². The van der Waals surface area contributed by atoms with E-state index in [1.165, 1.54) is 4.90 Å². The van der Waals surface area contributed by atoms with Gasteiger partial charge in [0, 0.05) is 6.54 Å². The van der Waals surface area contributed by atoms with E-state index in [9.17, 15) is 14.7 Å². The first-order valence-corrected chi connectivity index (χ1v) is 7.05. The van der Waals surface area contributed by atoms with Gasteiger partial charge < -0.3 is 15.2 Å². The molecule has 0 bridgehead atoms. The minimum Gasteiger partial charge on any atom is -0.479 e. The molecule has 0 saturated heterocycles. The van der Waals surface area contributed by atoms with Crippen molar-refractivity contribution in [1.29, 1.82) is 0 Å². The van der Waals surface area contributed by atoms with Crippen molar-refractivity contribution in [2.75, 3.05) is 18.0 Å². The van der Waals surface area contributed by atoms with E-state index in [0.29, 0.717) is 23.5 Å². The second-order valence-corrected chi connectivity index (χ2v) is 4.99. The van der Waals surface area contributed by atoms with Gasteiger partial charge in [-0.05, 0) is 31.0 Å². The summed E-state index contributed by atoms with van der Waals surface area (Å²) in [6.45, 7) is 4.02. The molecule has 0 fully saturated rings. The Kier molecular flexibility index (Phi) is 4.80. The fourth-order valence-corrected chi connectivity index (χ4v) is 2.18. The zero-order valence-electron chi connectivity index (χ0n) is 12.3. The monoisotopic (exact) mass is 292 g/mol. The number of rotatable bonds is 5. The molecule has 1 aromatic carbocycles. The van der Waals surface area contributed by atoms with Crippen molar-refractivity contribution in [3.63, 3.8) is 0 Å². The number of aliphatic hydroxyl groups is 1. The Bertz CT molecular complexity index is 544. The molecule has 0 aromatic heterocycles. The largest absolute Gasteiger partial charge is 0.479 e. The first kappa shape index (κ1) is 15.3. The summed E-state index contributed by atoms with van der Waals surface area (Å²) in [6.07, 6.45) is 0.209. The van der Waals surface area contributed by atoms with Gasteiger partial charge >= 0.3 is 0 Å². The number of ether oxygens (including phenoxy) is 1. The van der Waals surface area contributed by atoms with Gasteiger partial charge in [-0.25, -0.2) is 0 Å². The lowest BCUT2D eigenvalue weighted by Gasteiger charge is -2.32. The molecule has 1 aromatic rings. The highest BCUT2D eigenvalue weighted by Gasteiger charge is 2.32. The third-order valence-electron chi connectivity index (χ3n) is 3.29. The minimum atomic E-state index is -0.628. The second kappa shape index (κ2) is 6.58. The smallest absolute Gasteiger partial charge is 0.268 e. The van der Waals surface area contributed by atoms with Gasteiger partial charge in [-0.2, -0.15) is 0 Å². The fraction of sp³-hybridized carbons (Fsp3) is 0.467. The van der Waals surface area contributed by atoms with E-state index in [0.717, 1.165) is 6.42 Å². The number of carbonyl (C=O) groups excluding carboxylic acids is 2. The van der Waals surface area contributed by atoms with Gasteiger partial charge in [0.15, 0.2) is 6.10 Å². The molecule has 1 aliphatic heterocycles. The molecule has 6 nitrogen and oxygen atoms in total. The number of hydrogen-bond acceptors (Lipinski definition) is 4. The molecule has 21 heavy (non-hydrogen) atoms. The first-order chi connectivity index (χ1) is 10.1. The van der Waals surface area contributed by atoms with Crippen LogP contribution in [0.4, 0.5) is 5.69 Å². The van der Waals surface area contributed by atoms with Crippen LogP contribution < -0.4 is 15.0 Å². The number of benzene rings is 1. The predicted octanol–water partition coefficient (Wildman–Crippen LogP) is 0.819. The number of anilines is 1. The van der Waals surface area contributed by atoms with Crippen LogP contribution >= 0.6 is 0 Å². The number of carbonyl (C=O) groups is 2. The Morgan fingerprint density at radius 2 is 2.24 bits per heavy atom. The highest BCUT2D eigenvalue weighted by molar-refractivity contribution is 6.03. The van der Waals surface area contributed by atoms with E-state index >= 15 is 0 Å². The van der Waals surface area contributed by atoms with Crippen LogP contribution in [0, 0.1) is 0 Å². The molecule has 0 saturated carbocycles. The lowest BCUT2D eigenvalue weighted by Crippen LogP contribution is -2.48. The Morgan fingerprint density at radius 1 is 1.48 bits per heavy atom. The number of nitrogens with zero attached hydrogens (tertiary/aromatic N) is 1. The summed E-state index contributed by atoms with van der Waals surface area (Å²) in [5, 5.41) is 12.0. The van der Waals surface area contributed by atoms with Gasteiger partial charge in [0.1, 0.15) is 12.3 Å². The highest BCUT2D eigenvalue weighted by atomic mass is 16.5. The SMILES string of the molecule is CCCNC(=O)CN1C(=O)C(C)Oc2ccc(CO)cc21. The Morgan fingerprint density at radius 3 is 2.90 bits per heavy atom. The van der Waals surface area contributed by atoms with E-state index in [1.807, 2.05) is 6.92 Å². The van der Waals surface area contributed by atoms with Crippen LogP contribution in [0.3, 0.4) is 0 Å². The van der Waals surface area contributed by atoms with Crippen molar-refractivity contribution in [3.05, 3.63) is 23.8 Å². The van der Waals surface area contributed by atoms with Crippen molar-refractivity contribution >= 4 is 17.5 Å². The van der Waals surface area contributed by atoms with Crippen LogP contribution in [0.1, 0.15) is 25.8 Å². The number of hydrogen-bond donors (Lipinski definition) is 2. The molecular formula is C15H20N2O4. The average molecular weight is 292 g/mol. The van der Waals surface area contributed by atoms with Crippen LogP contribution in [0.15, 0.2) is 18.2 Å². The first-order valence-electron chi connectivity index (χ1n) is 7.05. The fourth-order valence-electron chi connectivity index (χ4n) is 2.18. The van der Waals surface area contributed by atoms with Crippen LogP contribution in [0.5, 0.6) is 5.75 Å². The van der Waals surface area contributed by atoms with E-state index in [4.69, 9.17) is 4.74 Å². The molecule has 0 aliphatic carbocycles. The van der Waals surface area contributed by atoms with Crippen molar-refractivity contribution in [1.82, 2.24) is 5.32 Å². The number of aliphatic hydroxyl groups excluding tert-OH is 1. The molecule has 1 atom stereocenters. The Balaban J connectivity index is 2.26. The minimum absolute atomic E-state index is 0.0472. The van der Waals surface area contributed by atoms with Gasteiger partial charge in [-0.15, -0.1) is 0 Å². The molecule has 0 radical (unpaired) electrons. The van der Waals surface area contributed by atoms with E-state index in [-0.39, 0.29) is 25.0 Å². The molecule has 1 heterocycles. The zero-order chi connectivity index (χ0) is 15.4. The van der Waals surface area contributed by atoms with Gasteiger partial charge in [0.05, 0.1) is 12.3 Å². The topological polar surface area (TPSA) is 78.9 Å². The number of fused-ring (bicyclic) bond motifs is 1. The van der Waals surface area contributed by atoms with Crippen molar-refractivity contribution in [2.24, 2.45) is 0 Å². The molecule has 2 rings (SSSR count). The van der Waals surface area contributed by atoms with Crippen LogP contribution in [0.2, 0.25) is 0 Å². The van der Waals surface area contributed by atoms with Crippen molar-refractivity contribution in [3.8, 4) is 5.75 Å². The Hall–Kier alpha value is -2.08. The maximum Gasteiger partial charge on any atom is 0.268 e. The third kappa shape index (κ3) is 3.33. The molecule has 0 spiro atoms. The third-order valence-corrected chi connectivity index (χ3v) is 3.29. The number of amides is 2. The average Bonchev–Trinajstić information content (AvgIpc) is 2.49. The highest BCUT2D eigenvalue weighted by Crippen LogP contribution is 2.34. The summed E-state index contributed by atoms with van der Waals surface area (Å²) < 4.78 is 5.53. The summed E-state index contributed by atoms with van der Waals surface area (Å²) in [6, 6.07) is 5.11. The Labute approximate surface area is 123 Å². The van der Waals surface area contributed by atoms with Gasteiger partial charge in [-0.3, -0.25) is 14.5 Å². The lowest BCUT2D eigenvalue weighted by molar-refractivity contribution is -0.128. The molecule has 1 unspecified atom stereocenters. The molecule has 1 aliphatic rings. The predicted molar refractivity (Wildman–Crippen MR) is 78.1 cm³/mol. The maximum atomic E-state index is 12.3. The second-order valence-electron chi connectivity index (χ2n) is 4.99. The van der Waals surface area contributed by atoms with E-state index in [2.05, 4.69) is 5.32 Å².